The van der Waals surface area contributed by atoms with E-state index in [1.165, 1.54) is 6.08 Å². The summed E-state index contributed by atoms with van der Waals surface area (Å²) in [6.07, 6.45) is 0.975. The lowest BCUT2D eigenvalue weighted by atomic mass is 10.1. The number of benzene rings is 1. The average molecular weight is 360 g/mol. The van der Waals surface area contributed by atoms with Crippen molar-refractivity contribution in [1.82, 2.24) is 4.90 Å². The van der Waals surface area contributed by atoms with Crippen molar-refractivity contribution in [3.8, 4) is 0 Å². The van der Waals surface area contributed by atoms with E-state index >= 15 is 0 Å². The number of nitrogens with zero attached hydrogens (tertiary/aromatic N) is 1. The lowest BCUT2D eigenvalue weighted by Gasteiger charge is -2.38. The Balaban J connectivity index is 1.72. The molecule has 0 aliphatic carbocycles. The van der Waals surface area contributed by atoms with Crippen LogP contribution in [0.25, 0.3) is 0 Å². The van der Waals surface area contributed by atoms with Gasteiger partial charge in [0.25, 0.3) is 5.91 Å². The van der Waals surface area contributed by atoms with Gasteiger partial charge in [-0.15, -0.1) is 0 Å². The molecule has 0 radical (unpaired) electrons. The first-order valence-corrected chi connectivity index (χ1v) is 8.63. The van der Waals surface area contributed by atoms with E-state index in [-0.39, 0.29) is 24.0 Å². The maximum absolute atomic E-state index is 13.0. The molecule has 140 valence electrons. The van der Waals surface area contributed by atoms with Crippen LogP contribution in [0.4, 0.5) is 5.69 Å². The Labute approximate surface area is 152 Å². The standard InChI is InChI=1S/C19H24N2O5/c1-4-17(22)20-14-7-5-13(6-8-14)18(23)21-9-10-24-11-15(21)16-12-25-19(2,3)26-16/h4-8,15-16H,1,9-12H2,2-3H3,(H,20,22)/t15-,16+/m1/s1. The monoisotopic (exact) mass is 360 g/mol. The second-order valence-electron chi connectivity index (χ2n) is 6.78. The zero-order valence-electron chi connectivity index (χ0n) is 15.1. The summed E-state index contributed by atoms with van der Waals surface area (Å²) in [4.78, 5) is 26.1. The Morgan fingerprint density at radius 2 is 2.00 bits per heavy atom. The molecule has 2 atom stereocenters. The molecule has 0 unspecified atom stereocenters. The highest BCUT2D eigenvalue weighted by Crippen LogP contribution is 2.28. The number of carbonyl (C=O) groups excluding carboxylic acids is 2. The Hall–Kier alpha value is -2.22. The van der Waals surface area contributed by atoms with Gasteiger partial charge in [0, 0.05) is 17.8 Å². The highest BCUT2D eigenvalue weighted by atomic mass is 16.7. The molecular formula is C19H24N2O5. The van der Waals surface area contributed by atoms with Crippen molar-refractivity contribution in [2.45, 2.75) is 31.8 Å². The zero-order valence-corrected chi connectivity index (χ0v) is 15.1. The van der Waals surface area contributed by atoms with Crippen LogP contribution in [0.5, 0.6) is 0 Å². The van der Waals surface area contributed by atoms with Gasteiger partial charge in [-0.25, -0.2) is 0 Å². The molecule has 7 heteroatoms. The summed E-state index contributed by atoms with van der Waals surface area (Å²) in [5.74, 6) is -1.03. The largest absolute Gasteiger partial charge is 0.377 e. The van der Waals surface area contributed by atoms with Gasteiger partial charge in [0.05, 0.1) is 25.9 Å². The van der Waals surface area contributed by atoms with E-state index < -0.39 is 5.79 Å². The smallest absolute Gasteiger partial charge is 0.254 e. The van der Waals surface area contributed by atoms with Crippen LogP contribution in [0.1, 0.15) is 24.2 Å². The topological polar surface area (TPSA) is 77.1 Å². The molecule has 2 amide bonds. The fraction of sp³-hybridized carbons (Fsp3) is 0.474. The zero-order chi connectivity index (χ0) is 18.7. The molecule has 0 bridgehead atoms. The fourth-order valence-corrected chi connectivity index (χ4v) is 3.14. The first kappa shape index (κ1) is 18.6. The highest BCUT2D eigenvalue weighted by molar-refractivity contribution is 5.99. The number of rotatable bonds is 4. The number of morpholine rings is 1. The summed E-state index contributed by atoms with van der Waals surface area (Å²) >= 11 is 0. The second-order valence-corrected chi connectivity index (χ2v) is 6.78. The van der Waals surface area contributed by atoms with Gasteiger partial charge in [-0.1, -0.05) is 6.58 Å². The summed E-state index contributed by atoms with van der Waals surface area (Å²) in [6.45, 7) is 8.97. The van der Waals surface area contributed by atoms with Crippen LogP contribution >= 0.6 is 0 Å². The molecule has 2 saturated heterocycles. The maximum Gasteiger partial charge on any atom is 0.254 e. The number of ether oxygens (including phenoxy) is 3. The Morgan fingerprint density at radius 3 is 2.62 bits per heavy atom. The van der Waals surface area contributed by atoms with Crippen molar-refractivity contribution < 1.29 is 23.8 Å². The predicted molar refractivity (Wildman–Crippen MR) is 95.8 cm³/mol. The Morgan fingerprint density at radius 1 is 1.27 bits per heavy atom. The number of amides is 2. The van der Waals surface area contributed by atoms with Crippen molar-refractivity contribution in [2.24, 2.45) is 0 Å². The van der Waals surface area contributed by atoms with Gasteiger partial charge < -0.3 is 24.4 Å². The summed E-state index contributed by atoms with van der Waals surface area (Å²) in [6, 6.07) is 6.59. The predicted octanol–water partition coefficient (Wildman–Crippen LogP) is 1.80. The molecule has 0 spiro atoms. The van der Waals surface area contributed by atoms with Gasteiger partial charge in [-0.2, -0.15) is 0 Å². The molecule has 7 nitrogen and oxygen atoms in total. The molecule has 1 N–H and O–H groups in total. The molecule has 3 rings (SSSR count). The minimum absolute atomic E-state index is 0.0896. The van der Waals surface area contributed by atoms with Gasteiger partial charge in [0.2, 0.25) is 5.91 Å². The molecule has 2 fully saturated rings. The Bertz CT molecular complexity index is 686. The highest BCUT2D eigenvalue weighted by Gasteiger charge is 2.42. The van der Waals surface area contributed by atoms with Gasteiger partial charge in [-0.3, -0.25) is 9.59 Å². The van der Waals surface area contributed by atoms with Crippen LogP contribution in [0, 0.1) is 0 Å². The number of anilines is 1. The van der Waals surface area contributed by atoms with E-state index in [9.17, 15) is 9.59 Å². The normalized spacial score (nSPS) is 24.9. The van der Waals surface area contributed by atoms with Crippen molar-refractivity contribution in [3.05, 3.63) is 42.5 Å². The molecule has 0 saturated carbocycles. The van der Waals surface area contributed by atoms with Crippen LogP contribution < -0.4 is 5.32 Å². The number of nitrogens with one attached hydrogen (secondary N) is 1. The third kappa shape index (κ3) is 4.12. The maximum atomic E-state index is 13.0. The molecule has 26 heavy (non-hydrogen) atoms. The SMILES string of the molecule is C=CC(=O)Nc1ccc(C(=O)N2CCOC[C@@H]2[C@@H]2COC(C)(C)O2)cc1. The van der Waals surface area contributed by atoms with E-state index in [0.717, 1.165) is 0 Å². The molecule has 0 aromatic heterocycles. The quantitative estimate of drug-likeness (QED) is 0.829. The molecule has 2 aliphatic rings. The van der Waals surface area contributed by atoms with Gasteiger partial charge in [0.1, 0.15) is 6.10 Å². The third-order valence-electron chi connectivity index (χ3n) is 4.47. The van der Waals surface area contributed by atoms with E-state index in [0.29, 0.717) is 37.6 Å². The number of hydrogen-bond acceptors (Lipinski definition) is 5. The summed E-state index contributed by atoms with van der Waals surface area (Å²) in [5.41, 5.74) is 1.16. The van der Waals surface area contributed by atoms with E-state index in [1.54, 1.807) is 29.2 Å². The second kappa shape index (κ2) is 7.57. The lowest BCUT2D eigenvalue weighted by Crippen LogP contribution is -2.55. The molecule has 1 aromatic rings. The molecule has 2 heterocycles. The molecule has 2 aliphatic heterocycles. The summed E-state index contributed by atoms with van der Waals surface area (Å²) in [5, 5.41) is 2.66. The summed E-state index contributed by atoms with van der Waals surface area (Å²) in [7, 11) is 0. The van der Waals surface area contributed by atoms with Crippen LogP contribution in [-0.2, 0) is 19.0 Å². The van der Waals surface area contributed by atoms with Crippen LogP contribution in [0.15, 0.2) is 36.9 Å². The molecular weight excluding hydrogens is 336 g/mol. The minimum atomic E-state index is -0.651. The Kier molecular flexibility index (Phi) is 5.41. The first-order valence-electron chi connectivity index (χ1n) is 8.63. The van der Waals surface area contributed by atoms with Crippen molar-refractivity contribution >= 4 is 17.5 Å². The molecule has 1 aromatic carbocycles. The lowest BCUT2D eigenvalue weighted by molar-refractivity contribution is -0.152. The summed E-state index contributed by atoms with van der Waals surface area (Å²) < 4.78 is 17.1. The average Bonchev–Trinajstić information content (AvgIpc) is 3.01. The van der Waals surface area contributed by atoms with Gasteiger partial charge in [0.15, 0.2) is 5.79 Å². The van der Waals surface area contributed by atoms with Crippen LogP contribution in [0.3, 0.4) is 0 Å². The van der Waals surface area contributed by atoms with Crippen LogP contribution in [-0.4, -0.2) is 61.0 Å². The van der Waals surface area contributed by atoms with E-state index in [2.05, 4.69) is 11.9 Å². The van der Waals surface area contributed by atoms with Gasteiger partial charge in [-0.05, 0) is 44.2 Å². The van der Waals surface area contributed by atoms with Crippen molar-refractivity contribution in [1.29, 1.82) is 0 Å². The number of hydrogen-bond donors (Lipinski definition) is 1. The van der Waals surface area contributed by atoms with E-state index in [1.807, 2.05) is 13.8 Å². The number of carbonyl (C=O) groups is 2. The van der Waals surface area contributed by atoms with E-state index in [4.69, 9.17) is 14.2 Å². The minimum Gasteiger partial charge on any atom is -0.377 e. The fourth-order valence-electron chi connectivity index (χ4n) is 3.14. The van der Waals surface area contributed by atoms with Gasteiger partial charge >= 0.3 is 0 Å². The van der Waals surface area contributed by atoms with Crippen molar-refractivity contribution in [2.75, 3.05) is 31.7 Å². The van der Waals surface area contributed by atoms with Crippen molar-refractivity contribution in [3.63, 3.8) is 0 Å². The third-order valence-corrected chi connectivity index (χ3v) is 4.47. The van der Waals surface area contributed by atoms with Crippen LogP contribution in [0.2, 0.25) is 0 Å². The first-order chi connectivity index (χ1) is 12.4.